The molecule has 5 atom stereocenters. The summed E-state index contributed by atoms with van der Waals surface area (Å²) in [5.41, 5.74) is 5.48. The number of hydrogen-bond donors (Lipinski definition) is 5. The van der Waals surface area contributed by atoms with E-state index in [0.717, 1.165) is 0 Å². The fourth-order valence-corrected chi connectivity index (χ4v) is 1.41. The van der Waals surface area contributed by atoms with Gasteiger partial charge in [-0.15, -0.1) is 0 Å². The average molecular weight is 237 g/mol. The lowest BCUT2D eigenvalue weighted by Crippen LogP contribution is -2.62. The molecule has 8 heteroatoms. The van der Waals surface area contributed by atoms with Crippen molar-refractivity contribution in [3.8, 4) is 0 Å². The molecule has 1 aliphatic rings. The van der Waals surface area contributed by atoms with Crippen LogP contribution in [0, 0.1) is 0 Å². The fourth-order valence-electron chi connectivity index (χ4n) is 1.41. The first-order valence-corrected chi connectivity index (χ1v) is 4.68. The van der Waals surface area contributed by atoms with Crippen LogP contribution in [0.5, 0.6) is 0 Å². The van der Waals surface area contributed by atoms with Crippen molar-refractivity contribution >= 4 is 5.97 Å². The van der Waals surface area contributed by atoms with Crippen molar-refractivity contribution in [3.63, 3.8) is 0 Å². The topological polar surface area (TPSA) is 142 Å². The van der Waals surface area contributed by atoms with E-state index >= 15 is 0 Å². The van der Waals surface area contributed by atoms with Crippen molar-refractivity contribution in [3.05, 3.63) is 0 Å². The van der Waals surface area contributed by atoms with Crippen LogP contribution in [0.25, 0.3) is 0 Å². The fraction of sp³-hybridized carbons (Fsp3) is 0.875. The smallest absolute Gasteiger partial charge is 0.329 e. The molecule has 0 aromatic carbocycles. The van der Waals surface area contributed by atoms with Crippen LogP contribution >= 0.6 is 0 Å². The molecule has 1 aliphatic heterocycles. The van der Waals surface area contributed by atoms with Crippen molar-refractivity contribution in [1.29, 1.82) is 0 Å². The number of aliphatic hydroxyl groups is 3. The van der Waals surface area contributed by atoms with Crippen molar-refractivity contribution in [2.45, 2.75) is 30.6 Å². The first-order valence-electron chi connectivity index (χ1n) is 4.68. The molecule has 0 saturated carbocycles. The average Bonchev–Trinajstić information content (AvgIpc) is 2.25. The molecule has 0 aromatic rings. The second-order valence-corrected chi connectivity index (χ2v) is 3.49. The zero-order chi connectivity index (χ0) is 12.3. The van der Waals surface area contributed by atoms with Gasteiger partial charge in [-0.1, -0.05) is 0 Å². The summed E-state index contributed by atoms with van der Waals surface area (Å²) in [7, 11) is 0. The zero-order valence-corrected chi connectivity index (χ0v) is 8.39. The van der Waals surface area contributed by atoms with E-state index in [1.807, 2.05) is 0 Å². The van der Waals surface area contributed by atoms with Crippen molar-refractivity contribution in [2.24, 2.45) is 5.73 Å². The third-order valence-electron chi connectivity index (χ3n) is 2.30. The predicted molar refractivity (Wildman–Crippen MR) is 49.3 cm³/mol. The Balaban J connectivity index is 2.60. The highest BCUT2D eigenvalue weighted by atomic mass is 16.7. The maximum absolute atomic E-state index is 10.3. The maximum atomic E-state index is 10.3. The molecular weight excluding hydrogens is 222 g/mol. The second-order valence-electron chi connectivity index (χ2n) is 3.49. The molecule has 1 fully saturated rings. The van der Waals surface area contributed by atoms with Gasteiger partial charge in [0.1, 0.15) is 24.9 Å². The molecule has 1 heterocycles. The van der Waals surface area contributed by atoms with Crippen LogP contribution in [0.4, 0.5) is 0 Å². The van der Waals surface area contributed by atoms with E-state index in [1.54, 1.807) is 0 Å². The Morgan fingerprint density at radius 3 is 2.50 bits per heavy atom. The van der Waals surface area contributed by atoms with Crippen LogP contribution < -0.4 is 5.73 Å². The summed E-state index contributed by atoms with van der Waals surface area (Å²) >= 11 is 0. The van der Waals surface area contributed by atoms with E-state index in [2.05, 4.69) is 0 Å². The summed E-state index contributed by atoms with van der Waals surface area (Å²) in [6.07, 6.45) is -4.89. The molecule has 0 amide bonds. The van der Waals surface area contributed by atoms with Crippen LogP contribution in [0.3, 0.4) is 0 Å². The third-order valence-corrected chi connectivity index (χ3v) is 2.30. The molecule has 6 N–H and O–H groups in total. The number of rotatable bonds is 4. The van der Waals surface area contributed by atoms with E-state index in [-0.39, 0.29) is 0 Å². The quantitative estimate of drug-likeness (QED) is 0.345. The SMILES string of the molecule is N[C@H]1C(OCC(=O)O)O[C@H](CO)[C@@H](O)[C@@H]1O. The molecule has 1 rings (SSSR count). The molecule has 1 saturated heterocycles. The van der Waals surface area contributed by atoms with Crippen molar-refractivity contribution in [2.75, 3.05) is 13.2 Å². The minimum atomic E-state index is -1.34. The highest BCUT2D eigenvalue weighted by molar-refractivity contribution is 5.68. The molecule has 8 nitrogen and oxygen atoms in total. The number of aliphatic hydroxyl groups excluding tert-OH is 3. The molecule has 94 valence electrons. The molecule has 0 radical (unpaired) electrons. The molecule has 0 aromatic heterocycles. The standard InChI is InChI=1S/C8H15NO7/c9-5-7(14)6(13)3(1-10)16-8(5)15-2-4(11)12/h3,5-8,10,13-14H,1-2,9H2,(H,11,12)/t3-,5-,6-,7-,8?/m1/s1. The molecule has 0 bridgehead atoms. The first-order chi connectivity index (χ1) is 7.47. The molecule has 1 unspecified atom stereocenters. The Bertz CT molecular complexity index is 247. The number of ether oxygens (including phenoxy) is 2. The summed E-state index contributed by atoms with van der Waals surface area (Å²) in [6, 6.07) is -1.07. The molecular formula is C8H15NO7. The number of carboxylic acids is 1. The Morgan fingerprint density at radius 1 is 1.38 bits per heavy atom. The zero-order valence-electron chi connectivity index (χ0n) is 8.39. The van der Waals surface area contributed by atoms with Gasteiger partial charge in [-0.3, -0.25) is 0 Å². The van der Waals surface area contributed by atoms with Gasteiger partial charge < -0.3 is 35.6 Å². The third kappa shape index (κ3) is 2.88. The largest absolute Gasteiger partial charge is 0.480 e. The Hall–Kier alpha value is -0.770. The summed E-state index contributed by atoms with van der Waals surface area (Å²) < 4.78 is 9.79. The Morgan fingerprint density at radius 2 is 2.00 bits per heavy atom. The molecule has 0 spiro atoms. The number of aliphatic carboxylic acids is 1. The van der Waals surface area contributed by atoms with Crippen molar-refractivity contribution in [1.82, 2.24) is 0 Å². The number of carbonyl (C=O) groups is 1. The monoisotopic (exact) mass is 237 g/mol. The van der Waals surface area contributed by atoms with Crippen LogP contribution in [0.1, 0.15) is 0 Å². The number of carboxylic acid groups (broad SMARTS) is 1. The van der Waals surface area contributed by atoms with E-state index in [0.29, 0.717) is 0 Å². The van der Waals surface area contributed by atoms with Gasteiger partial charge in [0.2, 0.25) is 0 Å². The molecule has 16 heavy (non-hydrogen) atoms. The summed E-state index contributed by atoms with van der Waals surface area (Å²) in [5.74, 6) is -1.21. The summed E-state index contributed by atoms with van der Waals surface area (Å²) in [5, 5.41) is 36.1. The van der Waals surface area contributed by atoms with E-state index < -0.39 is 49.8 Å². The van der Waals surface area contributed by atoms with Gasteiger partial charge in [0.05, 0.1) is 12.6 Å². The van der Waals surface area contributed by atoms with Gasteiger partial charge in [-0.2, -0.15) is 0 Å². The van der Waals surface area contributed by atoms with E-state index in [9.17, 15) is 15.0 Å². The number of nitrogens with two attached hydrogens (primary N) is 1. The second kappa shape index (κ2) is 5.53. The van der Waals surface area contributed by atoms with Gasteiger partial charge in [0.15, 0.2) is 6.29 Å². The van der Waals surface area contributed by atoms with Gasteiger partial charge in [-0.05, 0) is 0 Å². The first kappa shape index (κ1) is 13.3. The van der Waals surface area contributed by atoms with Gasteiger partial charge >= 0.3 is 5.97 Å². The predicted octanol–water partition coefficient (Wildman–Crippen LogP) is -3.15. The minimum absolute atomic E-state index is 0.530. The van der Waals surface area contributed by atoms with Gasteiger partial charge in [0, 0.05) is 0 Å². The minimum Gasteiger partial charge on any atom is -0.480 e. The lowest BCUT2D eigenvalue weighted by molar-refractivity contribution is -0.265. The van der Waals surface area contributed by atoms with Crippen LogP contribution in [-0.4, -0.2) is 70.3 Å². The van der Waals surface area contributed by atoms with Gasteiger partial charge in [-0.25, -0.2) is 4.79 Å². The van der Waals surface area contributed by atoms with Crippen LogP contribution in [0.15, 0.2) is 0 Å². The lowest BCUT2D eigenvalue weighted by atomic mass is 9.98. The summed E-state index contributed by atoms with van der Waals surface area (Å²) in [4.78, 5) is 10.3. The summed E-state index contributed by atoms with van der Waals surface area (Å²) in [6.45, 7) is -1.17. The number of hydrogen-bond acceptors (Lipinski definition) is 7. The van der Waals surface area contributed by atoms with Gasteiger partial charge in [0.25, 0.3) is 0 Å². The van der Waals surface area contributed by atoms with E-state index in [1.165, 1.54) is 0 Å². The molecule has 0 aliphatic carbocycles. The van der Waals surface area contributed by atoms with Crippen molar-refractivity contribution < 1.29 is 34.7 Å². The Labute approximate surface area is 91.2 Å². The van der Waals surface area contributed by atoms with Crippen LogP contribution in [-0.2, 0) is 14.3 Å². The highest BCUT2D eigenvalue weighted by Crippen LogP contribution is 2.20. The normalized spacial score (nSPS) is 39.6. The maximum Gasteiger partial charge on any atom is 0.329 e. The highest BCUT2D eigenvalue weighted by Gasteiger charge is 2.43. The lowest BCUT2D eigenvalue weighted by Gasteiger charge is -2.40. The van der Waals surface area contributed by atoms with Crippen LogP contribution in [0.2, 0.25) is 0 Å². The van der Waals surface area contributed by atoms with E-state index in [4.69, 9.17) is 25.4 Å². The Kier molecular flexibility index (Phi) is 4.59.